The highest BCUT2D eigenvalue weighted by molar-refractivity contribution is 5.37. The fourth-order valence-corrected chi connectivity index (χ4v) is 2.71. The number of aliphatic hydroxyl groups is 1. The fraction of sp³-hybridized carbons (Fsp3) is 0.500. The highest BCUT2D eigenvalue weighted by Gasteiger charge is 2.16. The molecule has 0 aliphatic carbocycles. The maximum atomic E-state index is 9.59. The van der Waals surface area contributed by atoms with Gasteiger partial charge in [-0.25, -0.2) is 0 Å². The molecule has 2 aromatic rings. The molecule has 0 amide bonds. The van der Waals surface area contributed by atoms with Crippen LogP contribution in [0.5, 0.6) is 5.75 Å². The van der Waals surface area contributed by atoms with Gasteiger partial charge in [-0.05, 0) is 49.9 Å². The SMILES string of the molecule is Cc1cc([C@@H](C)O)ccc1OCc1nnc2n1CCCC2. The van der Waals surface area contributed by atoms with E-state index in [1.165, 1.54) is 12.8 Å². The van der Waals surface area contributed by atoms with E-state index in [4.69, 9.17) is 4.74 Å². The Bertz CT molecular complexity index is 634. The zero-order chi connectivity index (χ0) is 14.8. The molecule has 5 heteroatoms. The Morgan fingerprint density at radius 3 is 2.95 bits per heavy atom. The summed E-state index contributed by atoms with van der Waals surface area (Å²) in [7, 11) is 0. The molecule has 1 aliphatic rings. The summed E-state index contributed by atoms with van der Waals surface area (Å²) in [6, 6.07) is 5.76. The molecule has 3 rings (SSSR count). The van der Waals surface area contributed by atoms with E-state index < -0.39 is 6.10 Å². The summed E-state index contributed by atoms with van der Waals surface area (Å²) >= 11 is 0. The molecule has 0 saturated carbocycles. The van der Waals surface area contributed by atoms with Crippen molar-refractivity contribution in [2.45, 2.75) is 52.4 Å². The molecule has 1 aliphatic heterocycles. The first-order valence-corrected chi connectivity index (χ1v) is 7.47. The summed E-state index contributed by atoms with van der Waals surface area (Å²) in [5.41, 5.74) is 1.92. The Hall–Kier alpha value is -1.88. The Balaban J connectivity index is 1.72. The van der Waals surface area contributed by atoms with Crippen molar-refractivity contribution < 1.29 is 9.84 Å². The summed E-state index contributed by atoms with van der Waals surface area (Å²) in [5, 5.41) is 18.1. The van der Waals surface area contributed by atoms with Crippen molar-refractivity contribution in [2.24, 2.45) is 0 Å². The van der Waals surface area contributed by atoms with Gasteiger partial charge in [-0.3, -0.25) is 0 Å². The fourth-order valence-electron chi connectivity index (χ4n) is 2.71. The average Bonchev–Trinajstić information content (AvgIpc) is 2.89. The van der Waals surface area contributed by atoms with Gasteiger partial charge in [0.1, 0.15) is 18.2 Å². The third kappa shape index (κ3) is 2.93. The van der Waals surface area contributed by atoms with Crippen LogP contribution in [0, 0.1) is 6.92 Å². The van der Waals surface area contributed by atoms with Crippen molar-refractivity contribution in [1.29, 1.82) is 0 Å². The zero-order valence-corrected chi connectivity index (χ0v) is 12.5. The maximum Gasteiger partial charge on any atom is 0.171 e. The van der Waals surface area contributed by atoms with E-state index in [0.717, 1.165) is 41.5 Å². The van der Waals surface area contributed by atoms with E-state index in [-0.39, 0.29) is 0 Å². The van der Waals surface area contributed by atoms with Gasteiger partial charge in [0.25, 0.3) is 0 Å². The molecular formula is C16H21N3O2. The van der Waals surface area contributed by atoms with E-state index in [1.807, 2.05) is 25.1 Å². The molecule has 5 nitrogen and oxygen atoms in total. The lowest BCUT2D eigenvalue weighted by molar-refractivity contribution is 0.199. The van der Waals surface area contributed by atoms with E-state index in [2.05, 4.69) is 14.8 Å². The van der Waals surface area contributed by atoms with Crippen molar-refractivity contribution in [3.8, 4) is 5.75 Å². The minimum atomic E-state index is -0.457. The molecule has 21 heavy (non-hydrogen) atoms. The van der Waals surface area contributed by atoms with Crippen LogP contribution in [0.4, 0.5) is 0 Å². The summed E-state index contributed by atoms with van der Waals surface area (Å²) in [5.74, 6) is 2.79. The van der Waals surface area contributed by atoms with E-state index >= 15 is 0 Å². The molecule has 1 aromatic carbocycles. The molecule has 0 unspecified atom stereocenters. The van der Waals surface area contributed by atoms with Gasteiger partial charge < -0.3 is 14.4 Å². The number of ether oxygens (including phenoxy) is 1. The lowest BCUT2D eigenvalue weighted by atomic mass is 10.1. The molecular weight excluding hydrogens is 266 g/mol. The molecule has 2 heterocycles. The number of nitrogens with zero attached hydrogens (tertiary/aromatic N) is 3. The molecule has 1 N–H and O–H groups in total. The number of aryl methyl sites for hydroxylation is 2. The molecule has 0 radical (unpaired) electrons. The van der Waals surface area contributed by atoms with Gasteiger partial charge in [0, 0.05) is 13.0 Å². The minimum absolute atomic E-state index is 0.432. The molecule has 0 bridgehead atoms. The number of benzene rings is 1. The highest BCUT2D eigenvalue weighted by Crippen LogP contribution is 2.24. The topological polar surface area (TPSA) is 60.2 Å². The van der Waals surface area contributed by atoms with Gasteiger partial charge in [-0.2, -0.15) is 0 Å². The van der Waals surface area contributed by atoms with E-state index in [9.17, 15) is 5.11 Å². The van der Waals surface area contributed by atoms with Crippen molar-refractivity contribution in [3.63, 3.8) is 0 Å². The quantitative estimate of drug-likeness (QED) is 0.939. The number of rotatable bonds is 4. The molecule has 1 atom stereocenters. The van der Waals surface area contributed by atoms with Gasteiger partial charge in [0.05, 0.1) is 6.10 Å². The number of hydrogen-bond donors (Lipinski definition) is 1. The van der Waals surface area contributed by atoms with Crippen LogP contribution in [0.25, 0.3) is 0 Å². The van der Waals surface area contributed by atoms with Gasteiger partial charge in [-0.1, -0.05) is 6.07 Å². The van der Waals surface area contributed by atoms with Crippen LogP contribution in [0.3, 0.4) is 0 Å². The van der Waals surface area contributed by atoms with E-state index in [0.29, 0.717) is 6.61 Å². The van der Waals surface area contributed by atoms with Crippen molar-refractivity contribution in [3.05, 3.63) is 41.0 Å². The van der Waals surface area contributed by atoms with Crippen LogP contribution >= 0.6 is 0 Å². The monoisotopic (exact) mass is 287 g/mol. The Labute approximate surface area is 124 Å². The second-order valence-electron chi connectivity index (χ2n) is 5.63. The smallest absolute Gasteiger partial charge is 0.171 e. The first kappa shape index (κ1) is 14.1. The van der Waals surface area contributed by atoms with Crippen LogP contribution in [0.15, 0.2) is 18.2 Å². The van der Waals surface area contributed by atoms with Crippen LogP contribution in [0.2, 0.25) is 0 Å². The van der Waals surface area contributed by atoms with Crippen LogP contribution in [0.1, 0.15) is 48.6 Å². The van der Waals surface area contributed by atoms with Crippen LogP contribution in [-0.2, 0) is 19.6 Å². The standard InChI is InChI=1S/C16H21N3O2/c1-11-9-13(12(2)20)6-7-14(11)21-10-16-18-17-15-5-3-4-8-19(15)16/h6-7,9,12,20H,3-5,8,10H2,1-2H3/t12-/m1/s1. The second-order valence-corrected chi connectivity index (χ2v) is 5.63. The largest absolute Gasteiger partial charge is 0.485 e. The number of aromatic nitrogens is 3. The van der Waals surface area contributed by atoms with Crippen LogP contribution in [-0.4, -0.2) is 19.9 Å². The molecule has 0 saturated heterocycles. The predicted molar refractivity (Wildman–Crippen MR) is 79.1 cm³/mol. The normalized spacial score (nSPS) is 15.6. The lowest BCUT2D eigenvalue weighted by Gasteiger charge is -2.16. The third-order valence-electron chi connectivity index (χ3n) is 3.97. The summed E-state index contributed by atoms with van der Waals surface area (Å²) in [6.45, 7) is 5.17. The Morgan fingerprint density at radius 2 is 2.19 bits per heavy atom. The number of fused-ring (bicyclic) bond motifs is 1. The average molecular weight is 287 g/mol. The highest BCUT2D eigenvalue weighted by atomic mass is 16.5. The van der Waals surface area contributed by atoms with Gasteiger partial charge in [0.2, 0.25) is 0 Å². The van der Waals surface area contributed by atoms with Crippen molar-refractivity contribution in [2.75, 3.05) is 0 Å². The third-order valence-corrected chi connectivity index (χ3v) is 3.97. The Morgan fingerprint density at radius 1 is 1.33 bits per heavy atom. The zero-order valence-electron chi connectivity index (χ0n) is 12.5. The molecule has 1 aromatic heterocycles. The number of hydrogen-bond acceptors (Lipinski definition) is 4. The summed E-state index contributed by atoms with van der Waals surface area (Å²) in [4.78, 5) is 0. The Kier molecular flexibility index (Phi) is 3.92. The summed E-state index contributed by atoms with van der Waals surface area (Å²) in [6.07, 6.45) is 2.93. The maximum absolute atomic E-state index is 9.59. The van der Waals surface area contributed by atoms with Gasteiger partial charge in [-0.15, -0.1) is 10.2 Å². The summed E-state index contributed by atoms with van der Waals surface area (Å²) < 4.78 is 8.05. The van der Waals surface area contributed by atoms with Gasteiger partial charge in [0.15, 0.2) is 5.82 Å². The first-order chi connectivity index (χ1) is 10.1. The van der Waals surface area contributed by atoms with E-state index in [1.54, 1.807) is 6.92 Å². The van der Waals surface area contributed by atoms with Crippen LogP contribution < -0.4 is 4.74 Å². The number of aliphatic hydroxyl groups excluding tert-OH is 1. The second kappa shape index (κ2) is 5.85. The predicted octanol–water partition coefficient (Wildman–Crippen LogP) is 2.56. The lowest BCUT2D eigenvalue weighted by Crippen LogP contribution is -2.14. The van der Waals surface area contributed by atoms with Crippen molar-refractivity contribution in [1.82, 2.24) is 14.8 Å². The minimum Gasteiger partial charge on any atom is -0.485 e. The van der Waals surface area contributed by atoms with Gasteiger partial charge >= 0.3 is 0 Å². The molecule has 0 fully saturated rings. The molecule has 112 valence electrons. The molecule has 0 spiro atoms. The van der Waals surface area contributed by atoms with Crippen molar-refractivity contribution >= 4 is 0 Å². The first-order valence-electron chi connectivity index (χ1n) is 7.47.